The van der Waals surface area contributed by atoms with Crippen LogP contribution in [0, 0.1) is 13.7 Å². The number of aromatic amines is 1. The lowest BCUT2D eigenvalue weighted by Crippen LogP contribution is -1.69. The average molecular weight is 319 g/mol. The van der Waals surface area contributed by atoms with E-state index in [0.717, 1.165) is 7.40 Å². The van der Waals surface area contributed by atoms with Crippen molar-refractivity contribution in [1.29, 1.82) is 0 Å². The summed E-state index contributed by atoms with van der Waals surface area (Å²) in [7, 11) is 0. The molecule has 1 radical (unpaired) electrons. The molecule has 1 N–H and O–H groups in total. The van der Waals surface area contributed by atoms with E-state index < -0.39 is 0 Å². The van der Waals surface area contributed by atoms with E-state index in [4.69, 9.17) is 0 Å². The molecule has 0 amide bonds. The van der Waals surface area contributed by atoms with Gasteiger partial charge in [0.2, 0.25) is 0 Å². The molecule has 0 unspecified atom stereocenters. The predicted molar refractivity (Wildman–Crippen MR) is 42.9 cm³/mol. The number of nitrogens with zero attached hydrogens (tertiary/aromatic N) is 1. The average Bonchev–Trinajstić information content (AvgIpc) is 1.91. The molecule has 4 heteroatoms. The van der Waals surface area contributed by atoms with Crippen LogP contribution in [0.5, 0.6) is 0 Å². The summed E-state index contributed by atoms with van der Waals surface area (Å²) in [4.78, 5) is 6.63. The Kier molecular flexibility index (Phi) is 1.90. The first-order chi connectivity index (χ1) is 3.30. The van der Waals surface area contributed by atoms with Gasteiger partial charge in [0.15, 0.2) is 6.33 Å². The number of nitrogens with one attached hydrogen (secondary N) is 1. The minimum atomic E-state index is 0.984. The van der Waals surface area contributed by atoms with Crippen molar-refractivity contribution in [1.82, 2.24) is 9.97 Å². The van der Waals surface area contributed by atoms with Crippen molar-refractivity contribution in [2.75, 3.05) is 0 Å². The van der Waals surface area contributed by atoms with E-state index in [1.165, 1.54) is 0 Å². The number of imidazole rings is 1. The Balaban J connectivity index is 3.12. The number of aromatic nitrogens is 2. The number of H-pyrrole nitrogens is 1. The summed E-state index contributed by atoms with van der Waals surface area (Å²) in [6.45, 7) is 0. The second kappa shape index (κ2) is 2.29. The van der Waals surface area contributed by atoms with Crippen LogP contribution in [-0.4, -0.2) is 9.97 Å². The highest BCUT2D eigenvalue weighted by Gasteiger charge is 1.92. The quantitative estimate of drug-likeness (QED) is 0.720. The third-order valence-corrected chi connectivity index (χ3v) is 3.09. The maximum atomic E-state index is 3.81. The maximum absolute atomic E-state index is 3.81. The first kappa shape index (κ1) is 5.80. The van der Waals surface area contributed by atoms with Gasteiger partial charge in [-0.25, -0.2) is 4.98 Å². The molecular formula is C3HI2N2. The number of hydrogen-bond acceptors (Lipinski definition) is 1. The molecular weight excluding hydrogens is 318 g/mol. The molecule has 0 saturated heterocycles. The standard InChI is InChI=1S/C3HI2N2/c4-2-3(5)7-1-6-2/h(H,6,7). The Morgan fingerprint density at radius 1 is 1.57 bits per heavy atom. The Morgan fingerprint density at radius 2 is 2.29 bits per heavy atom. The lowest BCUT2D eigenvalue weighted by molar-refractivity contribution is 1.27. The van der Waals surface area contributed by atoms with E-state index in [1.807, 2.05) is 0 Å². The van der Waals surface area contributed by atoms with Crippen LogP contribution in [0.15, 0.2) is 0 Å². The van der Waals surface area contributed by atoms with Gasteiger partial charge < -0.3 is 4.98 Å². The van der Waals surface area contributed by atoms with Gasteiger partial charge in [-0.05, 0) is 45.2 Å². The first-order valence-corrected chi connectivity index (χ1v) is 3.73. The molecule has 0 aliphatic heterocycles. The van der Waals surface area contributed by atoms with Gasteiger partial charge in [-0.15, -0.1) is 0 Å². The first-order valence-electron chi connectivity index (χ1n) is 1.58. The number of halogens is 2. The van der Waals surface area contributed by atoms with Crippen LogP contribution < -0.4 is 0 Å². The Morgan fingerprint density at radius 3 is 2.43 bits per heavy atom. The van der Waals surface area contributed by atoms with Gasteiger partial charge in [-0.3, -0.25) is 0 Å². The summed E-state index contributed by atoms with van der Waals surface area (Å²) in [5.74, 6) is 0. The van der Waals surface area contributed by atoms with E-state index >= 15 is 0 Å². The molecule has 0 bridgehead atoms. The number of rotatable bonds is 0. The molecule has 0 aliphatic rings. The Bertz CT molecular complexity index is 143. The van der Waals surface area contributed by atoms with Crippen LogP contribution >= 0.6 is 45.2 Å². The second-order valence-electron chi connectivity index (χ2n) is 0.953. The zero-order valence-corrected chi connectivity index (χ0v) is 7.52. The fraction of sp³-hybridized carbons (Fsp3) is 0. The molecule has 0 atom stereocenters. The highest BCUT2D eigenvalue weighted by atomic mass is 127. The van der Waals surface area contributed by atoms with Crippen molar-refractivity contribution in [3.63, 3.8) is 0 Å². The summed E-state index contributed by atoms with van der Waals surface area (Å²) >= 11 is 4.30. The monoisotopic (exact) mass is 319 g/mol. The molecule has 0 fully saturated rings. The highest BCUT2D eigenvalue weighted by Crippen LogP contribution is 2.06. The van der Waals surface area contributed by atoms with E-state index in [2.05, 4.69) is 61.5 Å². The summed E-state index contributed by atoms with van der Waals surface area (Å²) in [6, 6.07) is 0. The van der Waals surface area contributed by atoms with E-state index in [0.29, 0.717) is 0 Å². The summed E-state index contributed by atoms with van der Waals surface area (Å²) in [6.07, 6.45) is 2.61. The molecule has 0 aromatic carbocycles. The zero-order chi connectivity index (χ0) is 5.28. The molecule has 0 spiro atoms. The highest BCUT2D eigenvalue weighted by molar-refractivity contribution is 14.1. The van der Waals surface area contributed by atoms with Crippen LogP contribution in [-0.2, 0) is 0 Å². The zero-order valence-electron chi connectivity index (χ0n) is 3.20. The van der Waals surface area contributed by atoms with Crippen LogP contribution in [0.2, 0.25) is 0 Å². The molecule has 7 heavy (non-hydrogen) atoms. The van der Waals surface area contributed by atoms with Gasteiger partial charge in [-0.1, -0.05) is 0 Å². The number of hydrogen-bond donors (Lipinski definition) is 1. The van der Waals surface area contributed by atoms with Gasteiger partial charge in [0, 0.05) is 0 Å². The van der Waals surface area contributed by atoms with Crippen LogP contribution in [0.3, 0.4) is 0 Å². The van der Waals surface area contributed by atoms with E-state index in [9.17, 15) is 0 Å². The van der Waals surface area contributed by atoms with Crippen LogP contribution in [0.4, 0.5) is 0 Å². The largest absolute Gasteiger partial charge is 0.330 e. The summed E-state index contributed by atoms with van der Waals surface area (Å²) in [5.41, 5.74) is 0. The SMILES string of the molecule is Ic1n[c][nH]c1I. The van der Waals surface area contributed by atoms with Gasteiger partial charge in [0.1, 0.15) is 7.40 Å². The van der Waals surface area contributed by atoms with Gasteiger partial charge in [-0.2, -0.15) is 0 Å². The topological polar surface area (TPSA) is 28.7 Å². The molecule has 1 aromatic heterocycles. The summed E-state index contributed by atoms with van der Waals surface area (Å²) < 4.78 is 2.04. The Labute approximate surface area is 68.4 Å². The van der Waals surface area contributed by atoms with Gasteiger partial charge >= 0.3 is 0 Å². The minimum Gasteiger partial charge on any atom is -0.330 e. The molecule has 0 aliphatic carbocycles. The lowest BCUT2D eigenvalue weighted by Gasteiger charge is -1.74. The minimum absolute atomic E-state index is 0.984. The van der Waals surface area contributed by atoms with Crippen molar-refractivity contribution in [3.8, 4) is 0 Å². The van der Waals surface area contributed by atoms with E-state index in [-0.39, 0.29) is 0 Å². The fourth-order valence-corrected chi connectivity index (χ4v) is 0.723. The van der Waals surface area contributed by atoms with Crippen molar-refractivity contribution < 1.29 is 0 Å². The van der Waals surface area contributed by atoms with Crippen molar-refractivity contribution in [2.45, 2.75) is 0 Å². The molecule has 37 valence electrons. The molecule has 1 rings (SSSR count). The lowest BCUT2D eigenvalue weighted by atomic mass is 11.0. The molecule has 0 saturated carbocycles. The van der Waals surface area contributed by atoms with Crippen molar-refractivity contribution in [2.24, 2.45) is 0 Å². The van der Waals surface area contributed by atoms with E-state index in [1.54, 1.807) is 0 Å². The molecule has 1 heterocycles. The van der Waals surface area contributed by atoms with Gasteiger partial charge in [0.25, 0.3) is 0 Å². The normalized spacial score (nSPS) is 9.43. The molecule has 2 nitrogen and oxygen atoms in total. The molecule has 1 aromatic rings. The smallest absolute Gasteiger partial charge is 0.175 e. The van der Waals surface area contributed by atoms with Crippen molar-refractivity contribution in [3.05, 3.63) is 13.7 Å². The third-order valence-electron chi connectivity index (χ3n) is 0.501. The predicted octanol–water partition coefficient (Wildman–Crippen LogP) is 1.42. The second-order valence-corrected chi connectivity index (χ2v) is 3.05. The van der Waals surface area contributed by atoms with Gasteiger partial charge in [0.05, 0.1) is 0 Å². The van der Waals surface area contributed by atoms with Crippen molar-refractivity contribution >= 4 is 45.2 Å². The maximum Gasteiger partial charge on any atom is 0.175 e. The Hall–Kier alpha value is 0.670. The summed E-state index contributed by atoms with van der Waals surface area (Å²) in [5, 5.41) is 0. The van der Waals surface area contributed by atoms with Crippen LogP contribution in [0.25, 0.3) is 0 Å². The fourth-order valence-electron chi connectivity index (χ4n) is 0.227. The third kappa shape index (κ3) is 1.28. The van der Waals surface area contributed by atoms with Crippen LogP contribution in [0.1, 0.15) is 0 Å².